The maximum absolute atomic E-state index is 12.5. The average molecular weight is 439 g/mol. The Morgan fingerprint density at radius 1 is 0.909 bits per heavy atom. The number of nitrogens with one attached hydrogen (secondary N) is 1. The monoisotopic (exact) mass is 438 g/mol. The fourth-order valence-corrected chi connectivity index (χ4v) is 4.27. The Balaban J connectivity index is 1.27. The molecule has 1 aliphatic rings. The quantitative estimate of drug-likeness (QED) is 0.611. The van der Waals surface area contributed by atoms with Crippen molar-refractivity contribution < 1.29 is 4.79 Å². The molecule has 0 spiro atoms. The van der Waals surface area contributed by atoms with Gasteiger partial charge in [-0.3, -0.25) is 14.6 Å². The molecule has 1 heterocycles. The molecule has 5 heteroatoms. The Labute approximate surface area is 196 Å². The number of nitrogens with zero attached hydrogens (tertiary/aromatic N) is 3. The molecule has 1 saturated heterocycles. The fraction of sp³-hybridized carbons (Fsp3) is 0.286. The SMILES string of the molecule is Cc1cccc(NC(=O)CN2CCN(Cc3ccc(-c4ccccc4C#N)cc3)CC2)c1C. The van der Waals surface area contributed by atoms with Crippen LogP contribution in [-0.2, 0) is 11.3 Å². The Morgan fingerprint density at radius 2 is 1.61 bits per heavy atom. The van der Waals surface area contributed by atoms with Gasteiger partial charge in [-0.25, -0.2) is 0 Å². The van der Waals surface area contributed by atoms with Crippen LogP contribution in [-0.4, -0.2) is 48.4 Å². The number of amides is 1. The number of hydrogen-bond acceptors (Lipinski definition) is 4. The number of hydrogen-bond donors (Lipinski definition) is 1. The summed E-state index contributed by atoms with van der Waals surface area (Å²) in [5.41, 5.74) is 7.20. The number of carbonyl (C=O) groups is 1. The highest BCUT2D eigenvalue weighted by Gasteiger charge is 2.19. The van der Waals surface area contributed by atoms with Gasteiger partial charge in [0.05, 0.1) is 18.2 Å². The van der Waals surface area contributed by atoms with Gasteiger partial charge in [-0.05, 0) is 53.8 Å². The normalized spacial score (nSPS) is 14.6. The van der Waals surface area contributed by atoms with Crippen molar-refractivity contribution in [3.05, 3.63) is 89.0 Å². The Morgan fingerprint density at radius 3 is 2.33 bits per heavy atom. The van der Waals surface area contributed by atoms with Gasteiger partial charge < -0.3 is 5.32 Å². The van der Waals surface area contributed by atoms with Crippen LogP contribution in [0.4, 0.5) is 5.69 Å². The van der Waals surface area contributed by atoms with Gasteiger partial charge in [0, 0.05) is 38.4 Å². The molecule has 4 rings (SSSR count). The highest BCUT2D eigenvalue weighted by molar-refractivity contribution is 5.93. The molecule has 0 bridgehead atoms. The van der Waals surface area contributed by atoms with E-state index in [0.29, 0.717) is 12.1 Å². The lowest BCUT2D eigenvalue weighted by Crippen LogP contribution is -2.48. The van der Waals surface area contributed by atoms with Gasteiger partial charge in [0.25, 0.3) is 0 Å². The van der Waals surface area contributed by atoms with E-state index >= 15 is 0 Å². The van der Waals surface area contributed by atoms with Crippen LogP contribution < -0.4 is 5.32 Å². The third kappa shape index (κ3) is 5.67. The molecule has 168 valence electrons. The molecule has 1 aliphatic heterocycles. The smallest absolute Gasteiger partial charge is 0.238 e. The molecule has 33 heavy (non-hydrogen) atoms. The largest absolute Gasteiger partial charge is 0.325 e. The number of aryl methyl sites for hydroxylation is 1. The standard InChI is InChI=1S/C28H30N4O/c1-21-6-5-9-27(22(21)2)30-28(33)20-32-16-14-31(15-17-32)19-23-10-12-24(13-11-23)26-8-4-3-7-25(26)18-29/h3-13H,14-17,19-20H2,1-2H3,(H,30,33). The van der Waals surface area contributed by atoms with E-state index in [2.05, 4.69) is 58.4 Å². The number of benzene rings is 3. The predicted molar refractivity (Wildman–Crippen MR) is 133 cm³/mol. The van der Waals surface area contributed by atoms with Crippen LogP contribution in [0, 0.1) is 25.2 Å². The van der Waals surface area contributed by atoms with E-state index < -0.39 is 0 Å². The summed E-state index contributed by atoms with van der Waals surface area (Å²) in [6.45, 7) is 9.06. The minimum atomic E-state index is 0.0467. The van der Waals surface area contributed by atoms with Crippen molar-refractivity contribution in [3.63, 3.8) is 0 Å². The van der Waals surface area contributed by atoms with Crippen molar-refractivity contribution >= 4 is 11.6 Å². The van der Waals surface area contributed by atoms with E-state index in [9.17, 15) is 10.1 Å². The lowest BCUT2D eigenvalue weighted by molar-refractivity contribution is -0.117. The molecule has 0 atom stereocenters. The summed E-state index contributed by atoms with van der Waals surface area (Å²) < 4.78 is 0. The van der Waals surface area contributed by atoms with Crippen molar-refractivity contribution in [2.24, 2.45) is 0 Å². The number of carbonyl (C=O) groups excluding carboxylic acids is 1. The van der Waals surface area contributed by atoms with Gasteiger partial charge in [0.2, 0.25) is 5.91 Å². The molecule has 0 saturated carbocycles. The zero-order chi connectivity index (χ0) is 23.2. The summed E-state index contributed by atoms with van der Waals surface area (Å²) in [6, 6.07) is 24.4. The first-order valence-corrected chi connectivity index (χ1v) is 11.4. The van der Waals surface area contributed by atoms with Crippen molar-refractivity contribution in [2.75, 3.05) is 38.0 Å². The molecule has 1 amide bonds. The summed E-state index contributed by atoms with van der Waals surface area (Å²) >= 11 is 0. The molecule has 0 radical (unpaired) electrons. The predicted octanol–water partition coefficient (Wildman–Crippen LogP) is 4.60. The van der Waals surface area contributed by atoms with Crippen molar-refractivity contribution in [2.45, 2.75) is 20.4 Å². The molecule has 3 aromatic rings. The molecule has 5 nitrogen and oxygen atoms in total. The van der Waals surface area contributed by atoms with Crippen molar-refractivity contribution in [1.82, 2.24) is 9.80 Å². The first kappa shape index (κ1) is 22.7. The highest BCUT2D eigenvalue weighted by atomic mass is 16.2. The molecular weight excluding hydrogens is 408 g/mol. The molecule has 0 aromatic heterocycles. The van der Waals surface area contributed by atoms with Crippen LogP contribution in [0.5, 0.6) is 0 Å². The molecule has 1 fully saturated rings. The fourth-order valence-electron chi connectivity index (χ4n) is 4.27. The van der Waals surface area contributed by atoms with E-state index in [4.69, 9.17) is 0 Å². The van der Waals surface area contributed by atoms with Gasteiger partial charge in [-0.2, -0.15) is 5.26 Å². The van der Waals surface area contributed by atoms with Gasteiger partial charge in [0.15, 0.2) is 0 Å². The second-order valence-corrected chi connectivity index (χ2v) is 8.70. The maximum Gasteiger partial charge on any atom is 0.238 e. The Hall–Kier alpha value is -3.46. The van der Waals surface area contributed by atoms with Crippen LogP contribution in [0.1, 0.15) is 22.3 Å². The minimum Gasteiger partial charge on any atom is -0.325 e. The average Bonchev–Trinajstić information content (AvgIpc) is 2.84. The van der Waals surface area contributed by atoms with E-state index in [1.54, 1.807) is 0 Å². The summed E-state index contributed by atoms with van der Waals surface area (Å²) in [7, 11) is 0. The lowest BCUT2D eigenvalue weighted by atomic mass is 9.99. The third-order valence-corrected chi connectivity index (χ3v) is 6.43. The highest BCUT2D eigenvalue weighted by Crippen LogP contribution is 2.24. The van der Waals surface area contributed by atoms with E-state index in [0.717, 1.165) is 55.1 Å². The maximum atomic E-state index is 12.5. The van der Waals surface area contributed by atoms with Crippen LogP contribution in [0.3, 0.4) is 0 Å². The summed E-state index contributed by atoms with van der Waals surface area (Å²) in [4.78, 5) is 17.2. The minimum absolute atomic E-state index is 0.0467. The number of nitriles is 1. The second kappa shape index (κ2) is 10.4. The first-order valence-electron chi connectivity index (χ1n) is 11.4. The summed E-state index contributed by atoms with van der Waals surface area (Å²) in [5.74, 6) is 0.0467. The van der Waals surface area contributed by atoms with Crippen molar-refractivity contribution in [1.29, 1.82) is 5.26 Å². The third-order valence-electron chi connectivity index (χ3n) is 6.43. The van der Waals surface area contributed by atoms with E-state index in [1.165, 1.54) is 11.1 Å². The Kier molecular flexibility index (Phi) is 7.19. The van der Waals surface area contributed by atoms with Gasteiger partial charge >= 0.3 is 0 Å². The van der Waals surface area contributed by atoms with Crippen LogP contribution in [0.2, 0.25) is 0 Å². The summed E-state index contributed by atoms with van der Waals surface area (Å²) in [5, 5.41) is 12.4. The molecule has 3 aromatic carbocycles. The molecule has 0 aliphatic carbocycles. The van der Waals surface area contributed by atoms with Crippen LogP contribution in [0.15, 0.2) is 66.7 Å². The van der Waals surface area contributed by atoms with Gasteiger partial charge in [0.1, 0.15) is 0 Å². The van der Waals surface area contributed by atoms with Crippen LogP contribution >= 0.6 is 0 Å². The number of piperazine rings is 1. The topological polar surface area (TPSA) is 59.4 Å². The number of anilines is 1. The molecule has 0 unspecified atom stereocenters. The van der Waals surface area contributed by atoms with Gasteiger partial charge in [-0.15, -0.1) is 0 Å². The molecular formula is C28H30N4O. The zero-order valence-electron chi connectivity index (χ0n) is 19.3. The molecule has 1 N–H and O–H groups in total. The van der Waals surface area contributed by atoms with Gasteiger partial charge in [-0.1, -0.05) is 54.6 Å². The zero-order valence-corrected chi connectivity index (χ0v) is 19.3. The van der Waals surface area contributed by atoms with Crippen LogP contribution in [0.25, 0.3) is 11.1 Å². The Bertz CT molecular complexity index is 1160. The van der Waals surface area contributed by atoms with Crippen molar-refractivity contribution in [3.8, 4) is 17.2 Å². The van der Waals surface area contributed by atoms with E-state index in [-0.39, 0.29) is 5.91 Å². The first-order chi connectivity index (χ1) is 16.0. The van der Waals surface area contributed by atoms with E-state index in [1.807, 2.05) is 43.3 Å². The second-order valence-electron chi connectivity index (χ2n) is 8.70. The summed E-state index contributed by atoms with van der Waals surface area (Å²) in [6.07, 6.45) is 0. The number of rotatable bonds is 6. The lowest BCUT2D eigenvalue weighted by Gasteiger charge is -2.34.